The lowest BCUT2D eigenvalue weighted by Crippen LogP contribution is -2.39. The van der Waals surface area contributed by atoms with Crippen LogP contribution in [0.15, 0.2) is 48.5 Å². The van der Waals surface area contributed by atoms with Crippen LogP contribution >= 0.6 is 11.6 Å². The van der Waals surface area contributed by atoms with E-state index in [4.69, 9.17) is 21.1 Å². The Morgan fingerprint density at radius 1 is 1.23 bits per heavy atom. The number of nitrogens with zero attached hydrogens (tertiary/aromatic N) is 1. The number of hydrogen-bond donors (Lipinski definition) is 0. The number of halogens is 2. The van der Waals surface area contributed by atoms with E-state index in [0.717, 1.165) is 25.0 Å². The van der Waals surface area contributed by atoms with E-state index in [-0.39, 0.29) is 24.4 Å². The first kappa shape index (κ1) is 18.7. The molecule has 4 nitrogen and oxygen atoms in total. The van der Waals surface area contributed by atoms with Crippen LogP contribution in [0.5, 0.6) is 5.75 Å². The molecule has 1 heterocycles. The largest absolute Gasteiger partial charge is 0.481 e. The average Bonchev–Trinajstić information content (AvgIpc) is 3.15. The Hall–Kier alpha value is -2.11. The summed E-state index contributed by atoms with van der Waals surface area (Å²) in [7, 11) is 0. The number of benzene rings is 2. The minimum absolute atomic E-state index is 0.0275. The molecule has 2 aromatic carbocycles. The van der Waals surface area contributed by atoms with Crippen molar-refractivity contribution in [3.05, 3.63) is 64.9 Å². The van der Waals surface area contributed by atoms with Crippen molar-refractivity contribution >= 4 is 17.5 Å². The monoisotopic (exact) mass is 377 g/mol. The van der Waals surface area contributed by atoms with Crippen LogP contribution in [0.1, 0.15) is 18.4 Å². The van der Waals surface area contributed by atoms with Gasteiger partial charge in [-0.05, 0) is 42.7 Å². The second-order valence-electron chi connectivity index (χ2n) is 6.25. The molecule has 0 radical (unpaired) electrons. The fourth-order valence-electron chi connectivity index (χ4n) is 2.89. The molecule has 3 rings (SSSR count). The molecule has 0 aliphatic carbocycles. The van der Waals surface area contributed by atoms with Crippen molar-refractivity contribution < 1.29 is 18.7 Å². The molecule has 0 aromatic heterocycles. The van der Waals surface area contributed by atoms with E-state index in [1.54, 1.807) is 29.2 Å². The van der Waals surface area contributed by atoms with Gasteiger partial charge in [0.1, 0.15) is 0 Å². The van der Waals surface area contributed by atoms with Gasteiger partial charge in [-0.3, -0.25) is 4.79 Å². The van der Waals surface area contributed by atoms with Gasteiger partial charge >= 0.3 is 0 Å². The number of rotatable bonds is 7. The molecule has 1 aliphatic rings. The maximum absolute atomic E-state index is 13.7. The maximum Gasteiger partial charge on any atom is 0.260 e. The van der Waals surface area contributed by atoms with Gasteiger partial charge in [0.25, 0.3) is 5.91 Å². The number of hydrogen-bond acceptors (Lipinski definition) is 3. The molecular formula is C20H21ClFNO3. The van der Waals surface area contributed by atoms with Crippen molar-refractivity contribution in [2.45, 2.75) is 25.5 Å². The first-order valence-corrected chi connectivity index (χ1v) is 9.01. The van der Waals surface area contributed by atoms with Crippen LogP contribution in [-0.2, 0) is 16.1 Å². The van der Waals surface area contributed by atoms with E-state index in [0.29, 0.717) is 18.1 Å². The summed E-state index contributed by atoms with van der Waals surface area (Å²) < 4.78 is 24.7. The fourth-order valence-corrected chi connectivity index (χ4v) is 3.02. The minimum Gasteiger partial charge on any atom is -0.481 e. The molecule has 1 fully saturated rings. The lowest BCUT2D eigenvalue weighted by atomic mass is 10.2. The number of ether oxygens (including phenoxy) is 2. The standard InChI is InChI=1S/C20H21ClFNO3/c21-16-9-7-15(8-10-16)12-23(13-17-4-3-11-25-17)20(24)14-26-19-6-2-1-5-18(19)22/h1-2,5-10,17H,3-4,11-14H2/t17-/m0/s1. The van der Waals surface area contributed by atoms with E-state index in [1.807, 2.05) is 12.1 Å². The van der Waals surface area contributed by atoms with Crippen LogP contribution in [-0.4, -0.2) is 36.7 Å². The summed E-state index contributed by atoms with van der Waals surface area (Å²) in [6, 6.07) is 13.4. The smallest absolute Gasteiger partial charge is 0.260 e. The van der Waals surface area contributed by atoms with Crippen molar-refractivity contribution in [2.24, 2.45) is 0 Å². The zero-order valence-corrected chi connectivity index (χ0v) is 15.1. The Bertz CT molecular complexity index is 732. The van der Waals surface area contributed by atoms with Gasteiger partial charge in [0.15, 0.2) is 18.2 Å². The Morgan fingerprint density at radius 2 is 2.00 bits per heavy atom. The molecule has 6 heteroatoms. The second kappa shape index (κ2) is 9.01. The average molecular weight is 378 g/mol. The molecule has 0 N–H and O–H groups in total. The predicted molar refractivity (Wildman–Crippen MR) is 97.7 cm³/mol. The number of amides is 1. The van der Waals surface area contributed by atoms with Crippen molar-refractivity contribution in [2.75, 3.05) is 19.8 Å². The number of carbonyl (C=O) groups is 1. The summed E-state index contributed by atoms with van der Waals surface area (Å²) in [6.07, 6.45) is 1.96. The van der Waals surface area contributed by atoms with Gasteiger partial charge < -0.3 is 14.4 Å². The zero-order valence-electron chi connectivity index (χ0n) is 14.4. The zero-order chi connectivity index (χ0) is 18.4. The first-order chi connectivity index (χ1) is 12.6. The van der Waals surface area contributed by atoms with Crippen LogP contribution in [0.4, 0.5) is 4.39 Å². The SMILES string of the molecule is O=C(COc1ccccc1F)N(Cc1ccc(Cl)cc1)C[C@@H]1CCCO1. The molecule has 0 unspecified atom stereocenters. The van der Waals surface area contributed by atoms with Gasteiger partial charge in [0, 0.05) is 24.7 Å². The van der Waals surface area contributed by atoms with E-state index in [1.165, 1.54) is 12.1 Å². The van der Waals surface area contributed by atoms with Crippen LogP contribution < -0.4 is 4.74 Å². The van der Waals surface area contributed by atoms with Crippen LogP contribution in [0, 0.1) is 5.82 Å². The van der Waals surface area contributed by atoms with Gasteiger partial charge in [0.2, 0.25) is 0 Å². The maximum atomic E-state index is 13.7. The van der Waals surface area contributed by atoms with Crippen molar-refractivity contribution in [1.82, 2.24) is 4.90 Å². The van der Waals surface area contributed by atoms with Gasteiger partial charge in [-0.15, -0.1) is 0 Å². The molecule has 1 aliphatic heterocycles. The van der Waals surface area contributed by atoms with Crippen molar-refractivity contribution in [1.29, 1.82) is 0 Å². The quantitative estimate of drug-likeness (QED) is 0.730. The highest BCUT2D eigenvalue weighted by Crippen LogP contribution is 2.18. The molecule has 0 saturated carbocycles. The third kappa shape index (κ3) is 5.19. The number of carbonyl (C=O) groups excluding carboxylic acids is 1. The highest BCUT2D eigenvalue weighted by atomic mass is 35.5. The summed E-state index contributed by atoms with van der Waals surface area (Å²) in [4.78, 5) is 14.4. The minimum atomic E-state index is -0.483. The summed E-state index contributed by atoms with van der Waals surface area (Å²) in [5.74, 6) is -0.619. The van der Waals surface area contributed by atoms with E-state index < -0.39 is 5.82 Å². The van der Waals surface area contributed by atoms with E-state index in [9.17, 15) is 9.18 Å². The molecule has 1 atom stereocenters. The molecule has 2 aromatic rings. The fraction of sp³-hybridized carbons (Fsp3) is 0.350. The molecule has 26 heavy (non-hydrogen) atoms. The summed E-state index contributed by atoms with van der Waals surface area (Å²) in [5, 5.41) is 0.647. The van der Waals surface area contributed by atoms with Gasteiger partial charge in [0.05, 0.1) is 6.10 Å². The molecular weight excluding hydrogens is 357 g/mol. The third-order valence-corrected chi connectivity index (χ3v) is 4.53. The lowest BCUT2D eigenvalue weighted by Gasteiger charge is -2.25. The van der Waals surface area contributed by atoms with Gasteiger partial charge in [-0.25, -0.2) is 4.39 Å². The van der Waals surface area contributed by atoms with Gasteiger partial charge in [-0.1, -0.05) is 35.9 Å². The van der Waals surface area contributed by atoms with Crippen LogP contribution in [0.25, 0.3) is 0 Å². The predicted octanol–water partition coefficient (Wildman–Crippen LogP) is 4.07. The third-order valence-electron chi connectivity index (χ3n) is 4.28. The van der Waals surface area contributed by atoms with Crippen LogP contribution in [0.3, 0.4) is 0 Å². The van der Waals surface area contributed by atoms with Crippen LogP contribution in [0.2, 0.25) is 5.02 Å². The topological polar surface area (TPSA) is 38.8 Å². The highest BCUT2D eigenvalue weighted by Gasteiger charge is 2.23. The molecule has 1 amide bonds. The molecule has 0 bridgehead atoms. The van der Waals surface area contributed by atoms with Crippen molar-refractivity contribution in [3.63, 3.8) is 0 Å². The summed E-state index contributed by atoms with van der Waals surface area (Å²) >= 11 is 5.92. The number of para-hydroxylation sites is 1. The van der Waals surface area contributed by atoms with Gasteiger partial charge in [-0.2, -0.15) is 0 Å². The van der Waals surface area contributed by atoms with E-state index >= 15 is 0 Å². The summed E-state index contributed by atoms with van der Waals surface area (Å²) in [6.45, 7) is 1.42. The Labute approximate surface area is 157 Å². The van der Waals surface area contributed by atoms with Crippen molar-refractivity contribution in [3.8, 4) is 5.75 Å². The molecule has 138 valence electrons. The van der Waals surface area contributed by atoms with E-state index in [2.05, 4.69) is 0 Å². The Kier molecular flexibility index (Phi) is 6.47. The normalized spacial score (nSPS) is 16.5. The lowest BCUT2D eigenvalue weighted by molar-refractivity contribution is -0.135. The highest BCUT2D eigenvalue weighted by molar-refractivity contribution is 6.30. The molecule has 1 saturated heterocycles. The first-order valence-electron chi connectivity index (χ1n) is 8.63. The second-order valence-corrected chi connectivity index (χ2v) is 6.69. The Balaban J connectivity index is 1.65. The Morgan fingerprint density at radius 3 is 2.69 bits per heavy atom. The molecule has 0 spiro atoms. The summed E-state index contributed by atoms with van der Waals surface area (Å²) in [5.41, 5.74) is 0.964.